The zero-order chi connectivity index (χ0) is 17.4. The molecule has 0 saturated heterocycles. The molecule has 1 atom stereocenters. The van der Waals surface area contributed by atoms with E-state index in [0.29, 0.717) is 24.8 Å². The Morgan fingerprint density at radius 1 is 1.12 bits per heavy atom. The summed E-state index contributed by atoms with van der Waals surface area (Å²) in [5, 5.41) is 6.50. The van der Waals surface area contributed by atoms with Crippen molar-refractivity contribution in [2.45, 2.75) is 33.0 Å². The number of hydrogen-bond donors (Lipinski definition) is 2. The van der Waals surface area contributed by atoms with Crippen LogP contribution in [0.15, 0.2) is 48.5 Å². The quantitative estimate of drug-likeness (QED) is 0.778. The Labute approximate surface area is 148 Å². The van der Waals surface area contributed by atoms with E-state index in [1.807, 2.05) is 62.4 Å². The summed E-state index contributed by atoms with van der Waals surface area (Å²) in [4.78, 5) is 12.1. The molecule has 0 aromatic heterocycles. The van der Waals surface area contributed by atoms with Crippen molar-refractivity contribution in [2.75, 3.05) is 6.61 Å². The van der Waals surface area contributed by atoms with Crippen molar-refractivity contribution in [3.05, 3.63) is 70.2 Å². The highest BCUT2D eigenvalue weighted by atomic mass is 35.5. The summed E-state index contributed by atoms with van der Waals surface area (Å²) < 4.78 is 5.46. The third-order valence-corrected chi connectivity index (χ3v) is 3.99. The van der Waals surface area contributed by atoms with E-state index in [9.17, 15) is 4.79 Å². The lowest BCUT2D eigenvalue weighted by molar-refractivity contribution is 0.133. The van der Waals surface area contributed by atoms with Gasteiger partial charge in [0.15, 0.2) is 0 Å². The minimum absolute atomic E-state index is 0.0964. The van der Waals surface area contributed by atoms with Crippen LogP contribution in [0.25, 0.3) is 0 Å². The van der Waals surface area contributed by atoms with Gasteiger partial charge in [-0.2, -0.15) is 0 Å². The normalized spacial score (nSPS) is 11.8. The first-order valence-electron chi connectivity index (χ1n) is 8.04. The second-order valence-electron chi connectivity index (χ2n) is 5.51. The smallest absolute Gasteiger partial charge is 0.315 e. The Morgan fingerprint density at radius 2 is 1.79 bits per heavy atom. The van der Waals surface area contributed by atoms with Gasteiger partial charge in [0.25, 0.3) is 0 Å². The number of halogens is 1. The van der Waals surface area contributed by atoms with Gasteiger partial charge in [0.05, 0.1) is 12.6 Å². The Hall–Kier alpha value is -2.04. The maximum Gasteiger partial charge on any atom is 0.315 e. The van der Waals surface area contributed by atoms with Gasteiger partial charge in [0, 0.05) is 18.2 Å². The van der Waals surface area contributed by atoms with E-state index < -0.39 is 0 Å². The highest BCUT2D eigenvalue weighted by Gasteiger charge is 2.10. The highest BCUT2D eigenvalue weighted by molar-refractivity contribution is 6.30. The molecule has 2 N–H and O–H groups in total. The summed E-state index contributed by atoms with van der Waals surface area (Å²) in [6.45, 7) is 5.58. The number of ether oxygens (including phenoxy) is 1. The predicted molar refractivity (Wildman–Crippen MR) is 97.0 cm³/mol. The van der Waals surface area contributed by atoms with Gasteiger partial charge >= 0.3 is 6.03 Å². The monoisotopic (exact) mass is 346 g/mol. The van der Waals surface area contributed by atoms with Crippen LogP contribution in [-0.2, 0) is 17.9 Å². The molecule has 0 aliphatic heterocycles. The molecule has 0 fully saturated rings. The van der Waals surface area contributed by atoms with Gasteiger partial charge in [-0.05, 0) is 42.7 Å². The van der Waals surface area contributed by atoms with Crippen LogP contribution in [0.3, 0.4) is 0 Å². The van der Waals surface area contributed by atoms with Crippen molar-refractivity contribution >= 4 is 17.6 Å². The number of hydrogen-bond acceptors (Lipinski definition) is 2. The molecule has 5 heteroatoms. The molecule has 128 valence electrons. The van der Waals surface area contributed by atoms with Gasteiger partial charge in [0.2, 0.25) is 0 Å². The average Bonchev–Trinajstić information content (AvgIpc) is 2.59. The number of benzene rings is 2. The molecule has 2 rings (SSSR count). The molecular formula is C19H23ClN2O2. The minimum Gasteiger partial charge on any atom is -0.377 e. The topological polar surface area (TPSA) is 50.4 Å². The van der Waals surface area contributed by atoms with E-state index in [1.54, 1.807) is 0 Å². The van der Waals surface area contributed by atoms with E-state index in [4.69, 9.17) is 16.3 Å². The zero-order valence-electron chi connectivity index (χ0n) is 14.0. The molecule has 2 amide bonds. The van der Waals surface area contributed by atoms with Gasteiger partial charge < -0.3 is 15.4 Å². The van der Waals surface area contributed by atoms with Crippen LogP contribution in [0.2, 0.25) is 5.02 Å². The molecule has 0 bridgehead atoms. The second kappa shape index (κ2) is 9.30. The largest absolute Gasteiger partial charge is 0.377 e. The van der Waals surface area contributed by atoms with Crippen LogP contribution in [0.4, 0.5) is 4.79 Å². The van der Waals surface area contributed by atoms with Crippen LogP contribution in [0.1, 0.15) is 36.6 Å². The maximum atomic E-state index is 12.1. The molecule has 24 heavy (non-hydrogen) atoms. The van der Waals surface area contributed by atoms with Crippen LogP contribution >= 0.6 is 11.6 Å². The fourth-order valence-electron chi connectivity index (χ4n) is 2.34. The summed E-state index contributed by atoms with van der Waals surface area (Å²) >= 11 is 5.88. The molecule has 0 radical (unpaired) electrons. The fourth-order valence-corrected chi connectivity index (χ4v) is 2.47. The second-order valence-corrected chi connectivity index (χ2v) is 5.94. The molecule has 2 aromatic rings. The first-order valence-corrected chi connectivity index (χ1v) is 8.42. The Bertz CT molecular complexity index is 659. The Kier molecular flexibility index (Phi) is 7.09. The molecule has 4 nitrogen and oxygen atoms in total. The molecule has 0 spiro atoms. The van der Waals surface area contributed by atoms with Crippen molar-refractivity contribution in [3.63, 3.8) is 0 Å². The Balaban J connectivity index is 1.88. The molecular weight excluding hydrogens is 324 g/mol. The number of carbonyl (C=O) groups excluding carboxylic acids is 1. The van der Waals surface area contributed by atoms with Crippen molar-refractivity contribution in [1.29, 1.82) is 0 Å². The molecule has 0 aliphatic carbocycles. The van der Waals surface area contributed by atoms with Gasteiger partial charge in [-0.1, -0.05) is 48.0 Å². The van der Waals surface area contributed by atoms with Gasteiger partial charge in [-0.3, -0.25) is 0 Å². The molecule has 0 heterocycles. The molecule has 0 saturated carbocycles. The van der Waals surface area contributed by atoms with E-state index in [-0.39, 0.29) is 12.1 Å². The van der Waals surface area contributed by atoms with Crippen molar-refractivity contribution < 1.29 is 9.53 Å². The first kappa shape index (κ1) is 18.3. The lowest BCUT2D eigenvalue weighted by Crippen LogP contribution is -2.36. The summed E-state index contributed by atoms with van der Waals surface area (Å²) in [5.41, 5.74) is 3.15. The fraction of sp³-hybridized carbons (Fsp3) is 0.316. The number of urea groups is 1. The van der Waals surface area contributed by atoms with E-state index in [0.717, 1.165) is 16.7 Å². The SMILES string of the molecule is CCOCc1ccccc1CNC(=O)N[C@H](C)c1ccc(Cl)cc1. The third kappa shape index (κ3) is 5.55. The van der Waals surface area contributed by atoms with Crippen LogP contribution in [0.5, 0.6) is 0 Å². The zero-order valence-corrected chi connectivity index (χ0v) is 14.8. The number of carbonyl (C=O) groups is 1. The van der Waals surface area contributed by atoms with Gasteiger partial charge in [-0.15, -0.1) is 0 Å². The number of rotatable bonds is 7. The lowest BCUT2D eigenvalue weighted by atomic mass is 10.1. The summed E-state index contributed by atoms with van der Waals surface area (Å²) in [5.74, 6) is 0. The first-order chi connectivity index (χ1) is 11.6. The van der Waals surface area contributed by atoms with E-state index >= 15 is 0 Å². The van der Waals surface area contributed by atoms with Crippen molar-refractivity contribution in [1.82, 2.24) is 10.6 Å². The third-order valence-electron chi connectivity index (χ3n) is 3.74. The highest BCUT2D eigenvalue weighted by Crippen LogP contribution is 2.16. The van der Waals surface area contributed by atoms with E-state index in [1.165, 1.54) is 0 Å². The summed E-state index contributed by atoms with van der Waals surface area (Å²) in [6, 6.07) is 15.1. The molecule has 0 aliphatic rings. The van der Waals surface area contributed by atoms with Crippen molar-refractivity contribution in [3.8, 4) is 0 Å². The number of amides is 2. The van der Waals surface area contributed by atoms with Crippen molar-refractivity contribution in [2.24, 2.45) is 0 Å². The lowest BCUT2D eigenvalue weighted by Gasteiger charge is -2.16. The average molecular weight is 347 g/mol. The van der Waals surface area contributed by atoms with Crippen LogP contribution in [0, 0.1) is 0 Å². The molecule has 2 aromatic carbocycles. The maximum absolute atomic E-state index is 12.1. The number of nitrogens with one attached hydrogen (secondary N) is 2. The Morgan fingerprint density at radius 3 is 2.46 bits per heavy atom. The standard InChI is InChI=1S/C19H23ClN2O2/c1-3-24-13-17-7-5-4-6-16(17)12-21-19(23)22-14(2)15-8-10-18(20)11-9-15/h4-11,14H,3,12-13H2,1-2H3,(H2,21,22,23)/t14-/m1/s1. The van der Waals surface area contributed by atoms with Crippen LogP contribution < -0.4 is 10.6 Å². The predicted octanol–water partition coefficient (Wildman–Crippen LogP) is 4.44. The molecule has 0 unspecified atom stereocenters. The van der Waals surface area contributed by atoms with Crippen LogP contribution in [-0.4, -0.2) is 12.6 Å². The van der Waals surface area contributed by atoms with Gasteiger partial charge in [-0.25, -0.2) is 4.79 Å². The van der Waals surface area contributed by atoms with E-state index in [2.05, 4.69) is 10.6 Å². The minimum atomic E-state index is -0.205. The summed E-state index contributed by atoms with van der Waals surface area (Å²) in [7, 11) is 0. The summed E-state index contributed by atoms with van der Waals surface area (Å²) in [6.07, 6.45) is 0. The van der Waals surface area contributed by atoms with Gasteiger partial charge in [0.1, 0.15) is 0 Å².